The van der Waals surface area contributed by atoms with Crippen LogP contribution in [0.3, 0.4) is 0 Å². The number of carbonyl (C=O) groups is 3. The molecule has 5 rings (SSSR count). The van der Waals surface area contributed by atoms with Crippen LogP contribution >= 0.6 is 39.3 Å². The number of ether oxygens (including phenoxy) is 1. The summed E-state index contributed by atoms with van der Waals surface area (Å²) < 4.78 is 4.79. The Bertz CT molecular complexity index is 1270. The van der Waals surface area contributed by atoms with Crippen LogP contribution in [0.2, 0.25) is 5.02 Å². The van der Waals surface area contributed by atoms with Crippen molar-refractivity contribution < 1.29 is 24.2 Å². The standard InChI is InChI=1S/C30H35BrClN3O5S/c1-2-40-21-13-11-20(12-14-21)33-27(37)23-24-29(39)35(15-5-3-4-6-16-36)26(30(24)17-22(31)25(23)41-30)28(38)34-19-9-7-18(32)8-10-19/h7-14,22-26,36H,2-6,15-17H2,1H3,(H,33,37)(H,34,38)/t22?,23-,24-,25-,26?,30?/m0/s1. The van der Waals surface area contributed by atoms with Crippen molar-refractivity contribution in [2.24, 2.45) is 11.8 Å². The highest BCUT2D eigenvalue weighted by atomic mass is 79.9. The maximum absolute atomic E-state index is 14.2. The maximum Gasteiger partial charge on any atom is 0.248 e. The number of hydrogen-bond acceptors (Lipinski definition) is 6. The first-order valence-corrected chi connectivity index (χ1v) is 16.3. The Kier molecular flexibility index (Phi) is 9.53. The predicted octanol–water partition coefficient (Wildman–Crippen LogP) is 5.33. The number of unbranched alkanes of at least 4 members (excludes halogenated alkanes) is 3. The number of fused-ring (bicyclic) bond motifs is 1. The van der Waals surface area contributed by atoms with Gasteiger partial charge in [0.1, 0.15) is 11.8 Å². The van der Waals surface area contributed by atoms with Gasteiger partial charge in [0.2, 0.25) is 17.7 Å². The average Bonchev–Trinajstić information content (AvgIpc) is 3.54. The molecule has 0 radical (unpaired) electrons. The zero-order valence-corrected chi connectivity index (χ0v) is 26.0. The van der Waals surface area contributed by atoms with Gasteiger partial charge in [0.05, 0.1) is 23.2 Å². The van der Waals surface area contributed by atoms with Gasteiger partial charge in [0, 0.05) is 39.6 Å². The van der Waals surface area contributed by atoms with E-state index in [0.717, 1.165) is 18.6 Å². The van der Waals surface area contributed by atoms with Crippen molar-refractivity contribution in [2.75, 3.05) is 30.4 Å². The fraction of sp³-hybridized carbons (Fsp3) is 0.500. The average molecular weight is 665 g/mol. The second-order valence-electron chi connectivity index (χ2n) is 10.8. The number of likely N-dealkylation sites (tertiary alicyclic amines) is 1. The van der Waals surface area contributed by atoms with Gasteiger partial charge in [-0.05, 0) is 74.7 Å². The van der Waals surface area contributed by atoms with Gasteiger partial charge in [-0.2, -0.15) is 0 Å². The van der Waals surface area contributed by atoms with Crippen molar-refractivity contribution in [3.05, 3.63) is 53.6 Å². The van der Waals surface area contributed by atoms with Crippen LogP contribution in [-0.2, 0) is 14.4 Å². The third kappa shape index (κ3) is 5.98. The summed E-state index contributed by atoms with van der Waals surface area (Å²) in [4.78, 5) is 43.6. The maximum atomic E-state index is 14.2. The number of rotatable bonds is 12. The normalized spacial score (nSPS) is 28.0. The molecule has 3 unspecified atom stereocenters. The van der Waals surface area contributed by atoms with E-state index in [1.807, 2.05) is 6.92 Å². The smallest absolute Gasteiger partial charge is 0.248 e. The summed E-state index contributed by atoms with van der Waals surface area (Å²) in [6, 6.07) is 13.4. The fourth-order valence-electron chi connectivity index (χ4n) is 6.49. The summed E-state index contributed by atoms with van der Waals surface area (Å²) >= 11 is 11.5. The van der Waals surface area contributed by atoms with Gasteiger partial charge in [-0.1, -0.05) is 40.4 Å². The lowest BCUT2D eigenvalue weighted by molar-refractivity contribution is -0.138. The van der Waals surface area contributed by atoms with Crippen molar-refractivity contribution in [1.82, 2.24) is 4.90 Å². The molecule has 0 aromatic heterocycles. The third-order valence-electron chi connectivity index (χ3n) is 8.19. The number of amides is 3. The Hall–Kier alpha value is -2.27. The minimum atomic E-state index is -0.724. The van der Waals surface area contributed by atoms with Crippen LogP contribution in [0.5, 0.6) is 5.75 Å². The number of alkyl halides is 1. The first-order valence-electron chi connectivity index (χ1n) is 14.1. The molecule has 3 saturated heterocycles. The molecule has 6 atom stereocenters. The molecule has 0 saturated carbocycles. The number of nitrogens with zero attached hydrogens (tertiary/aromatic N) is 1. The molecule has 220 valence electrons. The third-order valence-corrected chi connectivity index (χ3v) is 11.7. The summed E-state index contributed by atoms with van der Waals surface area (Å²) in [7, 11) is 0. The molecular weight excluding hydrogens is 630 g/mol. The molecule has 8 nitrogen and oxygen atoms in total. The lowest BCUT2D eigenvalue weighted by Crippen LogP contribution is -2.52. The van der Waals surface area contributed by atoms with E-state index in [9.17, 15) is 14.4 Å². The summed E-state index contributed by atoms with van der Waals surface area (Å²) in [5, 5.41) is 15.6. The number of hydrogen-bond donors (Lipinski definition) is 3. The molecule has 3 heterocycles. The Morgan fingerprint density at radius 3 is 2.34 bits per heavy atom. The van der Waals surface area contributed by atoms with Gasteiger partial charge in [-0.25, -0.2) is 0 Å². The molecule has 41 heavy (non-hydrogen) atoms. The summed E-state index contributed by atoms with van der Waals surface area (Å²) in [6.07, 6.45) is 3.73. The van der Waals surface area contributed by atoms with Crippen LogP contribution in [0.1, 0.15) is 39.0 Å². The van der Waals surface area contributed by atoms with E-state index in [-0.39, 0.29) is 34.4 Å². The van der Waals surface area contributed by atoms with E-state index in [1.165, 1.54) is 0 Å². The van der Waals surface area contributed by atoms with Crippen LogP contribution in [-0.4, -0.2) is 68.4 Å². The van der Waals surface area contributed by atoms with Crippen molar-refractivity contribution in [2.45, 2.75) is 59.9 Å². The van der Waals surface area contributed by atoms with E-state index in [4.69, 9.17) is 21.4 Å². The molecule has 3 fully saturated rings. The molecule has 1 spiro atoms. The molecular formula is C30H35BrClN3O5S. The summed E-state index contributed by atoms with van der Waals surface area (Å²) in [6.45, 7) is 3.02. The number of benzene rings is 2. The minimum absolute atomic E-state index is 0.0111. The molecule has 3 aliphatic heterocycles. The second kappa shape index (κ2) is 12.9. The highest BCUT2D eigenvalue weighted by molar-refractivity contribution is 9.09. The van der Waals surface area contributed by atoms with Crippen LogP contribution in [0.25, 0.3) is 0 Å². The minimum Gasteiger partial charge on any atom is -0.494 e. The van der Waals surface area contributed by atoms with Crippen LogP contribution < -0.4 is 15.4 Å². The van der Waals surface area contributed by atoms with Crippen molar-refractivity contribution in [1.29, 1.82) is 0 Å². The molecule has 3 N–H and O–H groups in total. The number of nitrogens with one attached hydrogen (secondary N) is 2. The van der Waals surface area contributed by atoms with E-state index in [2.05, 4.69) is 26.6 Å². The number of anilines is 2. The lowest BCUT2D eigenvalue weighted by Gasteiger charge is -2.35. The number of aliphatic hydroxyl groups excluding tert-OH is 1. The largest absolute Gasteiger partial charge is 0.494 e. The Balaban J connectivity index is 1.41. The Morgan fingerprint density at radius 2 is 1.68 bits per heavy atom. The first-order chi connectivity index (χ1) is 19.8. The Labute approximate surface area is 258 Å². The molecule has 2 aromatic rings. The van der Waals surface area contributed by atoms with Crippen molar-refractivity contribution in [3.8, 4) is 5.75 Å². The SMILES string of the molecule is CCOc1ccc(NC(=O)[C@H]2[C@H]3C(=O)N(CCCCCCO)C(C(=O)Nc4ccc(Cl)cc4)C34CC(Br)[C@@H]2S4)cc1. The van der Waals surface area contributed by atoms with Crippen molar-refractivity contribution in [3.63, 3.8) is 0 Å². The molecule has 2 bridgehead atoms. The van der Waals surface area contributed by atoms with E-state index < -0.39 is 22.6 Å². The summed E-state index contributed by atoms with van der Waals surface area (Å²) in [5.41, 5.74) is 1.24. The van der Waals surface area contributed by atoms with E-state index in [1.54, 1.807) is 65.2 Å². The van der Waals surface area contributed by atoms with Crippen molar-refractivity contribution >= 4 is 68.4 Å². The van der Waals surface area contributed by atoms with E-state index >= 15 is 0 Å². The number of halogens is 2. The number of thioether (sulfide) groups is 1. The topological polar surface area (TPSA) is 108 Å². The molecule has 11 heteroatoms. The number of aliphatic hydroxyl groups is 1. The Morgan fingerprint density at radius 1 is 1.05 bits per heavy atom. The second-order valence-corrected chi connectivity index (χ2v) is 13.9. The molecule has 0 aliphatic carbocycles. The van der Waals surface area contributed by atoms with Crippen LogP contribution in [0.15, 0.2) is 48.5 Å². The zero-order chi connectivity index (χ0) is 29.1. The zero-order valence-electron chi connectivity index (χ0n) is 22.9. The molecule has 3 amide bonds. The van der Waals surface area contributed by atoms with Gasteiger partial charge in [-0.3, -0.25) is 14.4 Å². The van der Waals surface area contributed by atoms with Gasteiger partial charge in [0.25, 0.3) is 0 Å². The molecule has 2 aromatic carbocycles. The summed E-state index contributed by atoms with van der Waals surface area (Å²) in [5.74, 6) is -1.06. The highest BCUT2D eigenvalue weighted by Gasteiger charge is 2.75. The van der Waals surface area contributed by atoms with E-state index in [0.29, 0.717) is 48.8 Å². The molecule has 3 aliphatic rings. The van der Waals surface area contributed by atoms with Gasteiger partial charge in [0.15, 0.2) is 0 Å². The predicted molar refractivity (Wildman–Crippen MR) is 166 cm³/mol. The number of carbonyl (C=O) groups excluding carboxylic acids is 3. The van der Waals surface area contributed by atoms with Gasteiger partial charge < -0.3 is 25.4 Å². The van der Waals surface area contributed by atoms with Gasteiger partial charge >= 0.3 is 0 Å². The fourth-order valence-corrected chi connectivity index (χ4v) is 10.2. The van der Waals surface area contributed by atoms with Crippen LogP contribution in [0, 0.1) is 11.8 Å². The first kappa shape index (κ1) is 30.2. The van der Waals surface area contributed by atoms with Crippen LogP contribution in [0.4, 0.5) is 11.4 Å². The van der Waals surface area contributed by atoms with Gasteiger partial charge in [-0.15, -0.1) is 11.8 Å². The highest BCUT2D eigenvalue weighted by Crippen LogP contribution is 2.67. The lowest BCUT2D eigenvalue weighted by atomic mass is 9.70. The quantitative estimate of drug-likeness (QED) is 0.209. The monoisotopic (exact) mass is 663 g/mol.